The van der Waals surface area contributed by atoms with Crippen LogP contribution in [0, 0.1) is 43.0 Å². The first kappa shape index (κ1) is 36.9. The van der Waals surface area contributed by atoms with E-state index in [2.05, 4.69) is 71.8 Å². The van der Waals surface area contributed by atoms with Gasteiger partial charge in [0.1, 0.15) is 0 Å². The van der Waals surface area contributed by atoms with Crippen LogP contribution in [0.15, 0.2) is 24.8 Å². The van der Waals surface area contributed by atoms with Gasteiger partial charge in [0.2, 0.25) is 0 Å². The van der Waals surface area contributed by atoms with Crippen molar-refractivity contribution < 1.29 is 42.1 Å². The minimum Gasteiger partial charge on any atom is -0.511 e. The molecule has 6 heteroatoms. The van der Waals surface area contributed by atoms with Gasteiger partial charge in [0.15, 0.2) is 0 Å². The minimum absolute atomic E-state index is 0. The molecule has 0 fully saturated rings. The van der Waals surface area contributed by atoms with Crippen molar-refractivity contribution in [2.24, 2.45) is 0 Å². The van der Waals surface area contributed by atoms with Gasteiger partial charge < -0.3 is 49.3 Å². The van der Waals surface area contributed by atoms with Gasteiger partial charge in [-0.3, -0.25) is 0 Å². The second-order valence-electron chi connectivity index (χ2n) is 5.76. The third kappa shape index (κ3) is 15.1. The molecule has 2 aliphatic rings. The molecular formula is C20H40N4Pt2-6. The Hall–Kier alpha value is 0.0566. The van der Waals surface area contributed by atoms with Gasteiger partial charge >= 0.3 is 0 Å². The zero-order valence-electron chi connectivity index (χ0n) is 17.5. The van der Waals surface area contributed by atoms with Gasteiger partial charge in [0.05, 0.1) is 0 Å². The van der Waals surface area contributed by atoms with Gasteiger partial charge in [-0.25, -0.2) is 0 Å². The van der Waals surface area contributed by atoms with E-state index in [9.17, 15) is 0 Å². The normalized spacial score (nSPS) is 13.8. The Morgan fingerprint density at radius 3 is 1.12 bits per heavy atom. The predicted octanol–water partition coefficient (Wildman–Crippen LogP) is 4.80. The largest absolute Gasteiger partial charge is 0.511 e. The number of hydrogen-bond donors (Lipinski definition) is 0. The van der Waals surface area contributed by atoms with Crippen LogP contribution in [0.2, 0.25) is 0 Å². The second-order valence-corrected chi connectivity index (χ2v) is 5.76. The summed E-state index contributed by atoms with van der Waals surface area (Å²) in [4.78, 5) is 8.74. The zero-order valence-corrected chi connectivity index (χ0v) is 22.1. The van der Waals surface area contributed by atoms with Crippen molar-refractivity contribution in [1.82, 2.24) is 19.6 Å². The number of hydrogen-bond acceptors (Lipinski definition) is 4. The minimum atomic E-state index is 0. The van der Waals surface area contributed by atoms with Crippen molar-refractivity contribution in [2.75, 3.05) is 27.2 Å². The molecule has 0 atom stereocenters. The number of rotatable bonds is 9. The van der Waals surface area contributed by atoms with Crippen LogP contribution in [-0.4, -0.2) is 46.8 Å². The van der Waals surface area contributed by atoms with Crippen molar-refractivity contribution in [3.63, 3.8) is 0 Å². The van der Waals surface area contributed by atoms with Gasteiger partial charge in [-0.1, -0.05) is 25.7 Å². The average Bonchev–Trinajstić information content (AvgIpc) is 3.02. The van der Waals surface area contributed by atoms with Gasteiger partial charge in [0.25, 0.3) is 0 Å². The van der Waals surface area contributed by atoms with Crippen LogP contribution in [0.1, 0.15) is 38.5 Å². The van der Waals surface area contributed by atoms with E-state index in [1.165, 1.54) is 38.5 Å². The fourth-order valence-corrected chi connectivity index (χ4v) is 2.56. The molecule has 2 aliphatic heterocycles. The van der Waals surface area contributed by atoms with E-state index in [1.807, 2.05) is 0 Å². The molecule has 0 aromatic carbocycles. The molecule has 0 N–H and O–H groups in total. The SMILES string of the molecule is CN1C=CN(CCCCCCCCN2C=CN(C)[CH-]2)[CH-]1.[CH3-].[CH3-].[CH3-].[CH3-].[Pt].[Pt]. The molecule has 26 heavy (non-hydrogen) atoms. The second kappa shape index (κ2) is 21.4. The molecule has 0 saturated heterocycles. The van der Waals surface area contributed by atoms with E-state index in [0.29, 0.717) is 0 Å². The zero-order chi connectivity index (χ0) is 14.2. The summed E-state index contributed by atoms with van der Waals surface area (Å²) in [6.07, 6.45) is 16.5. The summed E-state index contributed by atoms with van der Waals surface area (Å²) < 4.78 is 0. The van der Waals surface area contributed by atoms with Crippen molar-refractivity contribution in [1.29, 1.82) is 0 Å². The molecule has 0 saturated carbocycles. The van der Waals surface area contributed by atoms with Crippen molar-refractivity contribution in [3.8, 4) is 0 Å². The molecule has 0 unspecified atom stereocenters. The number of unbranched alkanes of at least 4 members (excludes halogenated alkanes) is 5. The van der Waals surface area contributed by atoms with Crippen LogP contribution in [-0.2, 0) is 42.1 Å². The van der Waals surface area contributed by atoms with E-state index in [1.54, 1.807) is 0 Å². The molecule has 0 bridgehead atoms. The van der Waals surface area contributed by atoms with E-state index in [-0.39, 0.29) is 71.8 Å². The first-order valence-electron chi connectivity index (χ1n) is 7.76. The Balaban J connectivity index is -0.000000245. The Morgan fingerprint density at radius 1 is 0.538 bits per heavy atom. The van der Waals surface area contributed by atoms with E-state index in [4.69, 9.17) is 0 Å². The van der Waals surface area contributed by atoms with Crippen molar-refractivity contribution in [2.45, 2.75) is 38.5 Å². The summed E-state index contributed by atoms with van der Waals surface area (Å²) in [6, 6.07) is 0. The molecule has 0 amide bonds. The Labute approximate surface area is 194 Å². The monoisotopic (exact) mass is 726 g/mol. The maximum absolute atomic E-state index is 2.27. The third-order valence-corrected chi connectivity index (χ3v) is 3.73. The Morgan fingerprint density at radius 2 is 0.846 bits per heavy atom. The van der Waals surface area contributed by atoms with Crippen LogP contribution < -0.4 is 0 Å². The predicted molar refractivity (Wildman–Crippen MR) is 109 cm³/mol. The standard InChI is InChI=1S/C16H28N4.4CH3.2Pt/c1-17-11-13-19(15-17)9-7-5-3-4-6-8-10-20-14-12-18(2)16-20;;;;;;/h11-16H,3-10H2,1-2H3;4*1H3;;/q-2;4*-1;;. The Bertz CT molecular complexity index is 306. The fourth-order valence-electron chi connectivity index (χ4n) is 2.56. The molecule has 4 nitrogen and oxygen atoms in total. The smallest absolute Gasteiger partial charge is 0 e. The van der Waals surface area contributed by atoms with Crippen LogP contribution in [0.5, 0.6) is 0 Å². The summed E-state index contributed by atoms with van der Waals surface area (Å²) in [5.74, 6) is 0. The molecule has 0 radical (unpaired) electrons. The van der Waals surface area contributed by atoms with Crippen LogP contribution in [0.25, 0.3) is 0 Å². The molecule has 2 rings (SSSR count). The van der Waals surface area contributed by atoms with Gasteiger partial charge in [-0.2, -0.15) is 13.3 Å². The molecule has 166 valence electrons. The Kier molecular flexibility index (Phi) is 30.3. The summed E-state index contributed by atoms with van der Waals surface area (Å²) in [5.41, 5.74) is 0. The van der Waals surface area contributed by atoms with Crippen LogP contribution in [0.4, 0.5) is 0 Å². The maximum Gasteiger partial charge on any atom is 0 e. The topological polar surface area (TPSA) is 13.0 Å². The molecular weight excluding hydrogens is 686 g/mol. The van der Waals surface area contributed by atoms with Crippen LogP contribution >= 0.6 is 0 Å². The van der Waals surface area contributed by atoms with E-state index < -0.39 is 0 Å². The summed E-state index contributed by atoms with van der Waals surface area (Å²) in [6.45, 7) is 6.61. The molecule has 0 spiro atoms. The first-order valence-corrected chi connectivity index (χ1v) is 7.76. The van der Waals surface area contributed by atoms with E-state index >= 15 is 0 Å². The van der Waals surface area contributed by atoms with Gasteiger partial charge in [-0.15, -0.1) is 0 Å². The van der Waals surface area contributed by atoms with Crippen LogP contribution in [0.3, 0.4) is 0 Å². The summed E-state index contributed by atoms with van der Waals surface area (Å²) >= 11 is 0. The third-order valence-electron chi connectivity index (χ3n) is 3.73. The fraction of sp³-hybridized carbons (Fsp3) is 0.500. The average molecular weight is 727 g/mol. The van der Waals surface area contributed by atoms with E-state index in [0.717, 1.165) is 13.1 Å². The quantitative estimate of drug-likeness (QED) is 0.250. The number of nitrogens with zero attached hydrogens (tertiary/aromatic N) is 4. The van der Waals surface area contributed by atoms with Crippen molar-refractivity contribution >= 4 is 0 Å². The molecule has 0 aliphatic carbocycles. The maximum atomic E-state index is 2.27. The summed E-state index contributed by atoms with van der Waals surface area (Å²) in [7, 11) is 4.14. The van der Waals surface area contributed by atoms with Gasteiger partial charge in [0, 0.05) is 42.1 Å². The molecule has 2 heterocycles. The molecule has 0 aromatic heterocycles. The first-order chi connectivity index (χ1) is 9.74. The molecule has 0 aromatic rings. The summed E-state index contributed by atoms with van der Waals surface area (Å²) in [5, 5.41) is 0. The van der Waals surface area contributed by atoms with Crippen molar-refractivity contribution in [3.05, 3.63) is 67.8 Å². The van der Waals surface area contributed by atoms with Gasteiger partial charge in [-0.05, 0) is 64.8 Å².